The molecule has 0 aliphatic heterocycles. The van der Waals surface area contributed by atoms with Crippen LogP contribution in [-0.2, 0) is 0 Å². The molecule has 0 amide bonds. The molecule has 0 saturated heterocycles. The van der Waals surface area contributed by atoms with Crippen LogP contribution in [0.15, 0.2) is 41.2 Å². The summed E-state index contributed by atoms with van der Waals surface area (Å²) in [6, 6.07) is 6.85. The Hall–Kier alpha value is -2.76. The van der Waals surface area contributed by atoms with Crippen molar-refractivity contribution >= 4 is 0 Å². The van der Waals surface area contributed by atoms with Crippen LogP contribution in [0.25, 0.3) is 23.1 Å². The summed E-state index contributed by atoms with van der Waals surface area (Å²) < 4.78 is 5.19. The number of phenolic OH excluding ortho intramolecular Hbond substituents is 1. The fraction of sp³-hybridized carbons (Fsp3) is 0.0769. The molecule has 6 heteroatoms. The molecule has 1 aromatic carbocycles. The third-order valence-corrected chi connectivity index (χ3v) is 2.73. The number of phenols is 1. The quantitative estimate of drug-likeness (QED) is 0.754. The Morgan fingerprint density at radius 1 is 1.05 bits per heavy atom. The molecule has 19 heavy (non-hydrogen) atoms. The summed E-state index contributed by atoms with van der Waals surface area (Å²) in [7, 11) is 0. The number of benzene rings is 1. The zero-order valence-corrected chi connectivity index (χ0v) is 10.1. The van der Waals surface area contributed by atoms with Gasteiger partial charge in [-0.25, -0.2) is 9.97 Å². The molecular formula is C13H10N4O2. The Morgan fingerprint density at radius 3 is 2.63 bits per heavy atom. The van der Waals surface area contributed by atoms with Crippen LogP contribution >= 0.6 is 0 Å². The average Bonchev–Trinajstić information content (AvgIpc) is 2.92. The molecule has 0 saturated carbocycles. The van der Waals surface area contributed by atoms with Gasteiger partial charge in [-0.05, 0) is 25.1 Å². The first kappa shape index (κ1) is 11.3. The Morgan fingerprint density at radius 2 is 1.84 bits per heavy atom. The third kappa shape index (κ3) is 2.03. The molecular weight excluding hydrogens is 244 g/mol. The highest BCUT2D eigenvalue weighted by Crippen LogP contribution is 2.28. The smallest absolute Gasteiger partial charge is 0.258 e. The third-order valence-electron chi connectivity index (χ3n) is 2.73. The SMILES string of the molecule is Cc1c(O)cccc1-c1nc(-c2ncccn2)no1. The minimum atomic E-state index is 0.188. The van der Waals surface area contributed by atoms with Gasteiger partial charge in [-0.2, -0.15) is 4.98 Å². The predicted octanol–water partition coefficient (Wildman–Crippen LogP) is 2.21. The normalized spacial score (nSPS) is 10.6. The number of nitrogens with zero attached hydrogens (tertiary/aromatic N) is 4. The van der Waals surface area contributed by atoms with E-state index >= 15 is 0 Å². The van der Waals surface area contributed by atoms with Crippen LogP contribution in [0.3, 0.4) is 0 Å². The van der Waals surface area contributed by atoms with Crippen LogP contribution in [0.2, 0.25) is 0 Å². The monoisotopic (exact) mass is 254 g/mol. The zero-order chi connectivity index (χ0) is 13.2. The number of hydrogen-bond acceptors (Lipinski definition) is 6. The molecule has 2 aromatic heterocycles. The molecule has 0 fully saturated rings. The van der Waals surface area contributed by atoms with Gasteiger partial charge in [0.25, 0.3) is 5.89 Å². The van der Waals surface area contributed by atoms with Crippen molar-refractivity contribution < 1.29 is 9.63 Å². The molecule has 0 atom stereocenters. The number of aromatic nitrogens is 4. The van der Waals surface area contributed by atoms with E-state index in [9.17, 15) is 5.11 Å². The van der Waals surface area contributed by atoms with E-state index in [2.05, 4.69) is 20.1 Å². The van der Waals surface area contributed by atoms with Crippen LogP contribution < -0.4 is 0 Å². The molecule has 0 spiro atoms. The molecule has 1 N–H and O–H groups in total. The highest BCUT2D eigenvalue weighted by molar-refractivity contribution is 5.63. The van der Waals surface area contributed by atoms with Crippen molar-refractivity contribution in [2.24, 2.45) is 0 Å². The lowest BCUT2D eigenvalue weighted by Gasteiger charge is -2.01. The van der Waals surface area contributed by atoms with E-state index in [1.54, 1.807) is 43.6 Å². The standard InChI is InChI=1S/C13H10N4O2/c1-8-9(4-2-5-10(8)18)13-16-12(17-19-13)11-14-6-3-7-15-11/h2-7,18H,1H3. The van der Waals surface area contributed by atoms with Gasteiger partial charge in [0.15, 0.2) is 0 Å². The zero-order valence-electron chi connectivity index (χ0n) is 10.1. The Labute approximate surface area is 108 Å². The second-order valence-corrected chi connectivity index (χ2v) is 3.95. The van der Waals surface area contributed by atoms with Gasteiger partial charge in [0.2, 0.25) is 11.6 Å². The van der Waals surface area contributed by atoms with Crippen molar-refractivity contribution in [2.75, 3.05) is 0 Å². The maximum atomic E-state index is 9.67. The van der Waals surface area contributed by atoms with Crippen molar-refractivity contribution in [3.8, 4) is 28.9 Å². The second-order valence-electron chi connectivity index (χ2n) is 3.95. The topological polar surface area (TPSA) is 84.9 Å². The molecule has 3 aromatic rings. The van der Waals surface area contributed by atoms with E-state index in [4.69, 9.17) is 4.52 Å². The molecule has 3 rings (SSSR count). The van der Waals surface area contributed by atoms with Gasteiger partial charge in [0, 0.05) is 23.5 Å². The van der Waals surface area contributed by atoms with E-state index in [0.717, 1.165) is 0 Å². The van der Waals surface area contributed by atoms with Crippen molar-refractivity contribution in [1.29, 1.82) is 0 Å². The molecule has 94 valence electrons. The van der Waals surface area contributed by atoms with Gasteiger partial charge in [-0.1, -0.05) is 11.2 Å². The van der Waals surface area contributed by atoms with Gasteiger partial charge >= 0.3 is 0 Å². The lowest BCUT2D eigenvalue weighted by atomic mass is 10.1. The summed E-state index contributed by atoms with van der Waals surface area (Å²) in [6.07, 6.45) is 3.22. The van der Waals surface area contributed by atoms with Crippen molar-refractivity contribution in [1.82, 2.24) is 20.1 Å². The largest absolute Gasteiger partial charge is 0.508 e. The Bertz CT molecular complexity index is 710. The van der Waals surface area contributed by atoms with Gasteiger partial charge in [0.1, 0.15) is 5.75 Å². The average molecular weight is 254 g/mol. The lowest BCUT2D eigenvalue weighted by molar-refractivity contribution is 0.430. The second kappa shape index (κ2) is 4.49. The number of hydrogen-bond donors (Lipinski definition) is 1. The summed E-state index contributed by atoms with van der Waals surface area (Å²) in [5.41, 5.74) is 1.38. The van der Waals surface area contributed by atoms with Gasteiger partial charge in [-0.15, -0.1) is 0 Å². The van der Waals surface area contributed by atoms with Crippen molar-refractivity contribution in [2.45, 2.75) is 6.92 Å². The first-order chi connectivity index (χ1) is 9.25. The Kier molecular flexibility index (Phi) is 2.68. The molecule has 0 bridgehead atoms. The molecule has 0 aliphatic rings. The summed E-state index contributed by atoms with van der Waals surface area (Å²) in [6.45, 7) is 1.79. The van der Waals surface area contributed by atoms with Gasteiger partial charge in [0.05, 0.1) is 0 Å². The number of aromatic hydroxyl groups is 1. The maximum absolute atomic E-state index is 9.67. The van der Waals surface area contributed by atoms with E-state index in [-0.39, 0.29) is 5.75 Å². The summed E-state index contributed by atoms with van der Waals surface area (Å²) in [4.78, 5) is 12.3. The van der Waals surface area contributed by atoms with E-state index in [0.29, 0.717) is 28.7 Å². The first-order valence-corrected chi connectivity index (χ1v) is 5.66. The summed E-state index contributed by atoms with van der Waals surface area (Å²) >= 11 is 0. The summed E-state index contributed by atoms with van der Waals surface area (Å²) in [5.74, 6) is 1.23. The first-order valence-electron chi connectivity index (χ1n) is 5.66. The van der Waals surface area contributed by atoms with E-state index < -0.39 is 0 Å². The predicted molar refractivity (Wildman–Crippen MR) is 67.2 cm³/mol. The Balaban J connectivity index is 2.05. The summed E-state index contributed by atoms with van der Waals surface area (Å²) in [5, 5.41) is 13.5. The number of rotatable bonds is 2. The van der Waals surface area contributed by atoms with Crippen LogP contribution in [0, 0.1) is 6.92 Å². The van der Waals surface area contributed by atoms with Crippen molar-refractivity contribution in [3.05, 3.63) is 42.2 Å². The fourth-order valence-electron chi connectivity index (χ4n) is 1.69. The lowest BCUT2D eigenvalue weighted by Crippen LogP contribution is -1.89. The molecule has 0 unspecified atom stereocenters. The van der Waals surface area contributed by atoms with Gasteiger partial charge in [-0.3, -0.25) is 0 Å². The fourth-order valence-corrected chi connectivity index (χ4v) is 1.69. The highest BCUT2D eigenvalue weighted by atomic mass is 16.5. The molecule has 0 aliphatic carbocycles. The van der Waals surface area contributed by atoms with Crippen LogP contribution in [-0.4, -0.2) is 25.2 Å². The minimum Gasteiger partial charge on any atom is -0.508 e. The molecule has 0 radical (unpaired) electrons. The molecule has 2 heterocycles. The van der Waals surface area contributed by atoms with Crippen molar-refractivity contribution in [3.63, 3.8) is 0 Å². The van der Waals surface area contributed by atoms with Gasteiger partial charge < -0.3 is 9.63 Å². The maximum Gasteiger partial charge on any atom is 0.258 e. The van der Waals surface area contributed by atoms with Crippen LogP contribution in [0.4, 0.5) is 0 Å². The van der Waals surface area contributed by atoms with E-state index in [1.807, 2.05) is 0 Å². The van der Waals surface area contributed by atoms with Crippen LogP contribution in [0.1, 0.15) is 5.56 Å². The molecule has 6 nitrogen and oxygen atoms in total. The van der Waals surface area contributed by atoms with E-state index in [1.165, 1.54) is 0 Å². The highest BCUT2D eigenvalue weighted by Gasteiger charge is 2.15. The van der Waals surface area contributed by atoms with Crippen LogP contribution in [0.5, 0.6) is 5.75 Å². The minimum absolute atomic E-state index is 0.188.